The summed E-state index contributed by atoms with van der Waals surface area (Å²) in [4.78, 5) is 15.5. The van der Waals surface area contributed by atoms with E-state index in [0.29, 0.717) is 10.6 Å². The highest BCUT2D eigenvalue weighted by molar-refractivity contribution is 7.89. The minimum Gasteiger partial charge on any atom is -0.379 e. The van der Waals surface area contributed by atoms with Gasteiger partial charge in [0.15, 0.2) is 0 Å². The van der Waals surface area contributed by atoms with Gasteiger partial charge < -0.3 is 10.1 Å². The maximum absolute atomic E-state index is 13.9. The standard InChI is InChI=1S/C27H30ClN3O4S/c1-29-27(32)26(23-5-3-2-4-6-23)31(36(33,34)25-13-11-24(28)12-14-25)20-22-9-7-21(8-10-22)19-30-15-17-35-18-16-30/h2-14,26H,15-20H2,1H3,(H,29,32)/t26-/m1/s1. The minimum absolute atomic E-state index is 0.0236. The molecule has 0 spiro atoms. The molecule has 190 valence electrons. The summed E-state index contributed by atoms with van der Waals surface area (Å²) in [5, 5.41) is 3.07. The fourth-order valence-corrected chi connectivity index (χ4v) is 5.92. The number of carbonyl (C=O) groups excluding carboxylic acids is 1. The van der Waals surface area contributed by atoms with E-state index in [1.165, 1.54) is 35.6 Å². The number of likely N-dealkylation sites (N-methyl/N-ethyl adjacent to an activating group) is 1. The predicted octanol–water partition coefficient (Wildman–Crippen LogP) is 3.85. The van der Waals surface area contributed by atoms with Gasteiger partial charge in [0.25, 0.3) is 0 Å². The minimum atomic E-state index is -4.06. The molecule has 4 rings (SSSR count). The van der Waals surface area contributed by atoms with Crippen molar-refractivity contribution in [1.29, 1.82) is 0 Å². The number of carbonyl (C=O) groups is 1. The highest BCUT2D eigenvalue weighted by Crippen LogP contribution is 2.31. The number of sulfonamides is 1. The monoisotopic (exact) mass is 527 g/mol. The Kier molecular flexibility index (Phi) is 8.77. The van der Waals surface area contributed by atoms with Crippen molar-refractivity contribution in [3.63, 3.8) is 0 Å². The van der Waals surface area contributed by atoms with E-state index < -0.39 is 22.0 Å². The van der Waals surface area contributed by atoms with Crippen LogP contribution in [0.3, 0.4) is 0 Å². The first kappa shape index (κ1) is 26.3. The van der Waals surface area contributed by atoms with E-state index in [-0.39, 0.29) is 11.4 Å². The van der Waals surface area contributed by atoms with Crippen LogP contribution in [0.1, 0.15) is 22.7 Å². The number of nitrogens with one attached hydrogen (secondary N) is 1. The van der Waals surface area contributed by atoms with Crippen molar-refractivity contribution < 1.29 is 17.9 Å². The summed E-state index contributed by atoms with van der Waals surface area (Å²) in [5.74, 6) is -0.414. The average Bonchev–Trinajstić information content (AvgIpc) is 2.90. The third-order valence-corrected chi connectivity index (χ3v) is 8.27. The van der Waals surface area contributed by atoms with Gasteiger partial charge >= 0.3 is 0 Å². The summed E-state index contributed by atoms with van der Waals surface area (Å²) in [6.07, 6.45) is 0. The fourth-order valence-electron chi connectivity index (χ4n) is 4.22. The predicted molar refractivity (Wildman–Crippen MR) is 140 cm³/mol. The molecule has 1 fully saturated rings. The van der Waals surface area contributed by atoms with Crippen molar-refractivity contribution in [2.75, 3.05) is 33.4 Å². The second-order valence-electron chi connectivity index (χ2n) is 8.64. The lowest BCUT2D eigenvalue weighted by Gasteiger charge is -2.30. The smallest absolute Gasteiger partial charge is 0.244 e. The van der Waals surface area contributed by atoms with Crippen LogP contribution in [0.25, 0.3) is 0 Å². The molecule has 1 aliphatic heterocycles. The zero-order chi connectivity index (χ0) is 25.5. The topological polar surface area (TPSA) is 79.0 Å². The highest BCUT2D eigenvalue weighted by atomic mass is 35.5. The zero-order valence-corrected chi connectivity index (χ0v) is 21.7. The SMILES string of the molecule is CNC(=O)[C@@H](c1ccccc1)N(Cc1ccc(CN2CCOCC2)cc1)S(=O)(=O)c1ccc(Cl)cc1. The van der Waals surface area contributed by atoms with Crippen LogP contribution >= 0.6 is 11.6 Å². The number of ether oxygens (including phenoxy) is 1. The Labute approximate surface area is 217 Å². The van der Waals surface area contributed by atoms with Gasteiger partial charge in [0.05, 0.1) is 18.1 Å². The third kappa shape index (κ3) is 6.32. The first-order valence-corrected chi connectivity index (χ1v) is 13.6. The van der Waals surface area contributed by atoms with Crippen molar-refractivity contribution in [3.05, 3.63) is 101 Å². The maximum atomic E-state index is 13.9. The van der Waals surface area contributed by atoms with Crippen molar-refractivity contribution in [3.8, 4) is 0 Å². The molecule has 36 heavy (non-hydrogen) atoms. The summed E-state index contributed by atoms with van der Waals surface area (Å²) >= 11 is 6.00. The van der Waals surface area contributed by atoms with E-state index in [4.69, 9.17) is 16.3 Å². The first-order chi connectivity index (χ1) is 17.4. The molecule has 1 heterocycles. The van der Waals surface area contributed by atoms with Gasteiger partial charge in [0.2, 0.25) is 15.9 Å². The fraction of sp³-hybridized carbons (Fsp3) is 0.296. The van der Waals surface area contributed by atoms with Gasteiger partial charge in [-0.15, -0.1) is 0 Å². The number of morpholine rings is 1. The summed E-state index contributed by atoms with van der Waals surface area (Å²) < 4.78 is 34.5. The lowest BCUT2D eigenvalue weighted by Crippen LogP contribution is -2.42. The summed E-state index contributed by atoms with van der Waals surface area (Å²) in [7, 11) is -2.55. The second-order valence-corrected chi connectivity index (χ2v) is 11.0. The number of rotatable bonds is 9. The van der Waals surface area contributed by atoms with Gasteiger partial charge in [0, 0.05) is 38.2 Å². The first-order valence-electron chi connectivity index (χ1n) is 11.8. The van der Waals surface area contributed by atoms with E-state index in [9.17, 15) is 13.2 Å². The largest absolute Gasteiger partial charge is 0.379 e. The third-order valence-electron chi connectivity index (χ3n) is 6.19. The van der Waals surface area contributed by atoms with Crippen LogP contribution < -0.4 is 5.32 Å². The van der Waals surface area contributed by atoms with E-state index >= 15 is 0 Å². The number of nitrogens with zero attached hydrogens (tertiary/aromatic N) is 2. The molecule has 0 bridgehead atoms. The molecule has 1 amide bonds. The summed E-state index contributed by atoms with van der Waals surface area (Å²) in [6, 6.07) is 21.7. The van der Waals surface area contributed by atoms with Crippen LogP contribution in [0.15, 0.2) is 83.8 Å². The molecule has 0 aliphatic carbocycles. The Morgan fingerprint density at radius 1 is 0.972 bits per heavy atom. The quantitative estimate of drug-likeness (QED) is 0.457. The van der Waals surface area contributed by atoms with Crippen LogP contribution in [0.5, 0.6) is 0 Å². The molecular weight excluding hydrogens is 498 g/mol. The number of amides is 1. The van der Waals surface area contributed by atoms with Gasteiger partial charge in [-0.3, -0.25) is 9.69 Å². The molecule has 7 nitrogen and oxygen atoms in total. The van der Waals surface area contributed by atoms with Gasteiger partial charge in [-0.1, -0.05) is 66.2 Å². The van der Waals surface area contributed by atoms with E-state index in [1.807, 2.05) is 30.3 Å². The second kappa shape index (κ2) is 12.0. The number of halogens is 1. The molecule has 3 aromatic carbocycles. The molecule has 1 atom stereocenters. The molecule has 0 radical (unpaired) electrons. The maximum Gasteiger partial charge on any atom is 0.244 e. The van der Waals surface area contributed by atoms with Gasteiger partial charge in [-0.25, -0.2) is 8.42 Å². The zero-order valence-electron chi connectivity index (χ0n) is 20.1. The normalized spacial score (nSPS) is 15.5. The Bertz CT molecular complexity index is 1250. The van der Waals surface area contributed by atoms with Gasteiger partial charge in [-0.2, -0.15) is 4.31 Å². The van der Waals surface area contributed by atoms with Crippen LogP contribution in [0.4, 0.5) is 0 Å². The summed E-state index contributed by atoms with van der Waals surface area (Å²) in [6.45, 7) is 4.07. The molecule has 0 saturated carbocycles. The average molecular weight is 528 g/mol. The van der Waals surface area contributed by atoms with Crippen molar-refractivity contribution >= 4 is 27.5 Å². The van der Waals surface area contributed by atoms with Crippen LogP contribution in [0, 0.1) is 0 Å². The summed E-state index contributed by atoms with van der Waals surface area (Å²) in [5.41, 5.74) is 2.50. The number of hydrogen-bond donors (Lipinski definition) is 1. The van der Waals surface area contributed by atoms with Crippen LogP contribution in [-0.4, -0.2) is 56.9 Å². The Morgan fingerprint density at radius 2 is 1.58 bits per heavy atom. The molecule has 1 N–H and O–H groups in total. The van der Waals surface area contributed by atoms with Crippen LogP contribution in [0.2, 0.25) is 5.02 Å². The van der Waals surface area contributed by atoms with Crippen molar-refractivity contribution in [2.24, 2.45) is 0 Å². The lowest BCUT2D eigenvalue weighted by atomic mass is 10.1. The Morgan fingerprint density at radius 3 is 2.19 bits per heavy atom. The van der Waals surface area contributed by atoms with E-state index in [0.717, 1.165) is 44.0 Å². The lowest BCUT2D eigenvalue weighted by molar-refractivity contribution is -0.124. The Hall–Kier alpha value is -2.75. The number of benzene rings is 3. The van der Waals surface area contributed by atoms with Crippen LogP contribution in [-0.2, 0) is 32.6 Å². The Balaban J connectivity index is 1.68. The highest BCUT2D eigenvalue weighted by Gasteiger charge is 2.36. The van der Waals surface area contributed by atoms with Crippen molar-refractivity contribution in [1.82, 2.24) is 14.5 Å². The molecule has 9 heteroatoms. The molecule has 1 aliphatic rings. The number of hydrogen-bond acceptors (Lipinski definition) is 5. The van der Waals surface area contributed by atoms with Gasteiger partial charge in [-0.05, 0) is 41.0 Å². The molecular formula is C27H30ClN3O4S. The molecule has 1 saturated heterocycles. The molecule has 0 unspecified atom stereocenters. The molecule has 0 aromatic heterocycles. The van der Waals surface area contributed by atoms with Crippen molar-refractivity contribution in [2.45, 2.75) is 24.0 Å². The van der Waals surface area contributed by atoms with E-state index in [2.05, 4.69) is 10.2 Å². The van der Waals surface area contributed by atoms with E-state index in [1.54, 1.807) is 24.3 Å². The molecule has 3 aromatic rings. The van der Waals surface area contributed by atoms with Gasteiger partial charge in [0.1, 0.15) is 6.04 Å².